The highest BCUT2D eigenvalue weighted by molar-refractivity contribution is 8.76. The average molecular weight is 457 g/mol. The first-order valence-electron chi connectivity index (χ1n) is 9.65. The van der Waals surface area contributed by atoms with Gasteiger partial charge in [0.25, 0.3) is 0 Å². The monoisotopic (exact) mass is 456 g/mol. The van der Waals surface area contributed by atoms with Crippen LogP contribution in [-0.4, -0.2) is 71.9 Å². The van der Waals surface area contributed by atoms with Crippen LogP contribution < -0.4 is 21.3 Å². The summed E-state index contributed by atoms with van der Waals surface area (Å²) < 4.78 is 5.32. The first-order chi connectivity index (χ1) is 14.4. The average Bonchev–Trinajstić information content (AvgIpc) is 3.48. The number of rotatable bonds is 0. The number of hydrogen-bond acceptors (Lipinski definition) is 8. The topological polar surface area (TPSA) is 143 Å². The van der Waals surface area contributed by atoms with Crippen molar-refractivity contribution in [2.45, 2.75) is 43.4 Å². The molecule has 0 aromatic rings. The fourth-order valence-electron chi connectivity index (χ4n) is 2.94. The SMILES string of the molecule is O=C1C[C@H]2/C=C/CCSSC[C@@H](NC(=O)CN1)C(=O)NC1(CC1)C(=O)NCC(=O)O2. The van der Waals surface area contributed by atoms with E-state index < -0.39 is 47.3 Å². The van der Waals surface area contributed by atoms with E-state index in [1.54, 1.807) is 6.08 Å². The number of carbonyl (C=O) groups excluding carboxylic acids is 5. The van der Waals surface area contributed by atoms with Crippen LogP contribution in [0.2, 0.25) is 0 Å². The summed E-state index contributed by atoms with van der Waals surface area (Å²) in [5.41, 5.74) is -1.07. The van der Waals surface area contributed by atoms with Gasteiger partial charge >= 0.3 is 5.97 Å². The number of fused-ring (bicyclic) bond motifs is 7. The Bertz CT molecular complexity index is 755. The molecule has 1 spiro atoms. The van der Waals surface area contributed by atoms with Gasteiger partial charge in [-0.05, 0) is 25.3 Å². The Morgan fingerprint density at radius 2 is 1.80 bits per heavy atom. The lowest BCUT2D eigenvalue weighted by molar-refractivity contribution is -0.148. The van der Waals surface area contributed by atoms with Crippen molar-refractivity contribution in [3.63, 3.8) is 0 Å². The van der Waals surface area contributed by atoms with Gasteiger partial charge in [0.2, 0.25) is 23.6 Å². The molecular formula is C18H24N4O6S2. The van der Waals surface area contributed by atoms with E-state index in [0.29, 0.717) is 25.0 Å². The van der Waals surface area contributed by atoms with E-state index in [0.717, 1.165) is 5.75 Å². The largest absolute Gasteiger partial charge is 0.456 e. The lowest BCUT2D eigenvalue weighted by Crippen LogP contribution is -2.57. The first-order valence-corrected chi connectivity index (χ1v) is 12.1. The zero-order valence-corrected chi connectivity index (χ0v) is 17.9. The van der Waals surface area contributed by atoms with E-state index >= 15 is 0 Å². The van der Waals surface area contributed by atoms with Crippen molar-refractivity contribution in [1.29, 1.82) is 0 Å². The number of nitrogens with one attached hydrogen (secondary N) is 4. The van der Waals surface area contributed by atoms with Crippen molar-refractivity contribution in [3.05, 3.63) is 12.2 Å². The summed E-state index contributed by atoms with van der Waals surface area (Å²) in [6, 6.07) is -0.858. The van der Waals surface area contributed by atoms with Gasteiger partial charge < -0.3 is 26.0 Å². The molecule has 2 aliphatic heterocycles. The minimum atomic E-state index is -1.07. The lowest BCUT2D eigenvalue weighted by Gasteiger charge is -2.23. The smallest absolute Gasteiger partial charge is 0.326 e. The van der Waals surface area contributed by atoms with Gasteiger partial charge in [-0.25, -0.2) is 0 Å². The molecule has 2 bridgehead atoms. The molecule has 1 saturated carbocycles. The van der Waals surface area contributed by atoms with Gasteiger partial charge in [0.15, 0.2) is 0 Å². The van der Waals surface area contributed by atoms with Gasteiger partial charge in [0, 0.05) is 11.5 Å². The first kappa shape index (κ1) is 22.5. The molecule has 164 valence electrons. The summed E-state index contributed by atoms with van der Waals surface area (Å²) in [6.07, 6.45) is 4.07. The molecule has 3 rings (SSSR count). The number of allylic oxidation sites excluding steroid dienone is 1. The van der Waals surface area contributed by atoms with Crippen LogP contribution in [0.5, 0.6) is 0 Å². The van der Waals surface area contributed by atoms with Crippen molar-refractivity contribution in [3.8, 4) is 0 Å². The van der Waals surface area contributed by atoms with Crippen LogP contribution in [0.15, 0.2) is 12.2 Å². The van der Waals surface area contributed by atoms with Gasteiger partial charge in [0.05, 0.1) is 13.0 Å². The van der Waals surface area contributed by atoms with Gasteiger partial charge in [-0.3, -0.25) is 24.0 Å². The molecule has 0 aromatic carbocycles. The third-order valence-electron chi connectivity index (χ3n) is 4.74. The molecule has 2 heterocycles. The molecule has 0 radical (unpaired) electrons. The van der Waals surface area contributed by atoms with Crippen molar-refractivity contribution >= 4 is 51.2 Å². The second kappa shape index (κ2) is 10.2. The molecule has 30 heavy (non-hydrogen) atoms. The van der Waals surface area contributed by atoms with Gasteiger partial charge in [-0.1, -0.05) is 27.7 Å². The van der Waals surface area contributed by atoms with Crippen molar-refractivity contribution in [2.24, 2.45) is 0 Å². The van der Waals surface area contributed by atoms with Crippen LogP contribution in [0.25, 0.3) is 0 Å². The maximum atomic E-state index is 12.8. The normalized spacial score (nSPS) is 29.5. The van der Waals surface area contributed by atoms with E-state index in [1.807, 2.05) is 6.08 Å². The summed E-state index contributed by atoms with van der Waals surface area (Å²) in [6.45, 7) is -0.676. The highest BCUT2D eigenvalue weighted by Crippen LogP contribution is 2.36. The summed E-state index contributed by atoms with van der Waals surface area (Å²) >= 11 is 0. The van der Waals surface area contributed by atoms with Crippen LogP contribution in [0.4, 0.5) is 0 Å². The molecule has 3 aliphatic rings. The minimum absolute atomic E-state index is 0.154. The van der Waals surface area contributed by atoms with Gasteiger partial charge in [-0.15, -0.1) is 0 Å². The number of hydrogen-bond donors (Lipinski definition) is 4. The molecule has 1 aliphatic carbocycles. The molecule has 1 saturated heterocycles. The maximum Gasteiger partial charge on any atom is 0.326 e. The van der Waals surface area contributed by atoms with Crippen LogP contribution in [-0.2, 0) is 28.7 Å². The fourth-order valence-corrected chi connectivity index (χ4v) is 5.10. The zero-order valence-electron chi connectivity index (χ0n) is 16.2. The predicted molar refractivity (Wildman–Crippen MR) is 111 cm³/mol. The van der Waals surface area contributed by atoms with E-state index in [-0.39, 0.29) is 19.5 Å². The molecule has 4 amide bonds. The van der Waals surface area contributed by atoms with Crippen LogP contribution in [0.3, 0.4) is 0 Å². The Kier molecular flexibility index (Phi) is 7.64. The number of amides is 4. The van der Waals surface area contributed by atoms with E-state index in [4.69, 9.17) is 4.74 Å². The molecule has 2 fully saturated rings. The summed E-state index contributed by atoms with van der Waals surface area (Å²) in [5, 5.41) is 10.3. The van der Waals surface area contributed by atoms with E-state index in [1.165, 1.54) is 21.6 Å². The molecular weight excluding hydrogens is 432 g/mol. The van der Waals surface area contributed by atoms with E-state index in [2.05, 4.69) is 21.3 Å². The lowest BCUT2D eigenvalue weighted by atomic mass is 10.2. The minimum Gasteiger partial charge on any atom is -0.456 e. The summed E-state index contributed by atoms with van der Waals surface area (Å²) in [5.74, 6) is -1.59. The van der Waals surface area contributed by atoms with Crippen LogP contribution in [0.1, 0.15) is 25.7 Å². The van der Waals surface area contributed by atoms with Crippen molar-refractivity contribution in [1.82, 2.24) is 21.3 Å². The molecule has 2 atom stereocenters. The Morgan fingerprint density at radius 3 is 2.57 bits per heavy atom. The molecule has 10 nitrogen and oxygen atoms in total. The number of esters is 1. The summed E-state index contributed by atoms with van der Waals surface area (Å²) in [7, 11) is 2.98. The quantitative estimate of drug-likeness (QED) is 0.207. The second-order valence-corrected chi connectivity index (χ2v) is 9.83. The Balaban J connectivity index is 1.86. The van der Waals surface area contributed by atoms with Crippen LogP contribution >= 0.6 is 21.6 Å². The number of carbonyl (C=O) groups is 5. The second-order valence-electron chi connectivity index (χ2n) is 7.21. The third-order valence-corrected chi connectivity index (χ3v) is 7.19. The molecule has 0 aromatic heterocycles. The molecule has 0 unspecified atom stereocenters. The maximum absolute atomic E-state index is 12.8. The van der Waals surface area contributed by atoms with Gasteiger partial charge in [-0.2, -0.15) is 0 Å². The molecule has 12 heteroatoms. The zero-order chi connectivity index (χ0) is 21.6. The Hall–Kier alpha value is -2.21. The summed E-state index contributed by atoms with van der Waals surface area (Å²) in [4.78, 5) is 61.9. The predicted octanol–water partition coefficient (Wildman–Crippen LogP) is -0.991. The third kappa shape index (κ3) is 6.39. The van der Waals surface area contributed by atoms with Crippen molar-refractivity contribution < 1.29 is 28.7 Å². The fraction of sp³-hybridized carbons (Fsp3) is 0.611. The van der Waals surface area contributed by atoms with Crippen LogP contribution in [0, 0.1) is 0 Å². The molecule has 4 N–H and O–H groups in total. The van der Waals surface area contributed by atoms with E-state index in [9.17, 15) is 24.0 Å². The Labute approximate surface area is 181 Å². The van der Waals surface area contributed by atoms with Gasteiger partial charge in [0.1, 0.15) is 24.2 Å². The number of ether oxygens (including phenoxy) is 1. The highest BCUT2D eigenvalue weighted by atomic mass is 33.1. The Morgan fingerprint density at radius 1 is 1.00 bits per heavy atom. The highest BCUT2D eigenvalue weighted by Gasteiger charge is 2.52. The van der Waals surface area contributed by atoms with Crippen molar-refractivity contribution in [2.75, 3.05) is 24.6 Å². The standard InChI is InChI=1S/C18H24N4O6S2/c23-13-7-11-3-1-2-6-29-30-10-12(21-14(24)8-19-13)16(26)22-18(4-5-18)17(27)20-9-15(25)28-11/h1,3,11-12H,2,4-10H2,(H,19,23)(H,20,27)(H,21,24)(H,22,26)/b3-1+/t11-,12-/m1/s1.